The lowest BCUT2D eigenvalue weighted by molar-refractivity contribution is 0.174. The third kappa shape index (κ3) is 3.10. The van der Waals surface area contributed by atoms with E-state index in [-0.39, 0.29) is 12.6 Å². The maximum absolute atomic E-state index is 13.3. The normalized spacial score (nSPS) is 12.3. The van der Waals surface area contributed by atoms with Crippen LogP contribution in [0.25, 0.3) is 11.0 Å². The van der Waals surface area contributed by atoms with E-state index in [0.717, 1.165) is 11.2 Å². The van der Waals surface area contributed by atoms with Gasteiger partial charge in [-0.25, -0.2) is 9.37 Å². The number of halogens is 1. The van der Waals surface area contributed by atoms with Crippen molar-refractivity contribution in [2.24, 2.45) is 0 Å². The van der Waals surface area contributed by atoms with Crippen LogP contribution in [0, 0.1) is 5.82 Å². The lowest BCUT2D eigenvalue weighted by atomic mass is 10.3. The third-order valence-corrected chi connectivity index (χ3v) is 4.14. The number of nitrogens with zero attached hydrogens (tertiary/aromatic N) is 1. The van der Waals surface area contributed by atoms with E-state index in [1.165, 1.54) is 12.1 Å². The van der Waals surface area contributed by atoms with Crippen LogP contribution in [-0.4, -0.2) is 16.8 Å². The number of aromatic amines is 1. The summed E-state index contributed by atoms with van der Waals surface area (Å²) in [5, 5.41) is 3.16. The van der Waals surface area contributed by atoms with Crippen LogP contribution in [0.2, 0.25) is 0 Å². The fourth-order valence-electron chi connectivity index (χ4n) is 2.86. The first-order valence-corrected chi connectivity index (χ1v) is 8.33. The van der Waals surface area contributed by atoms with Crippen molar-refractivity contribution in [3.63, 3.8) is 0 Å². The summed E-state index contributed by atoms with van der Waals surface area (Å²) in [5.74, 6) is 2.97. The van der Waals surface area contributed by atoms with Crippen molar-refractivity contribution in [1.29, 1.82) is 0 Å². The molecule has 3 aromatic carbocycles. The minimum Gasteiger partial charge on any atom is -0.457 e. The van der Waals surface area contributed by atoms with Gasteiger partial charge in [0, 0.05) is 17.8 Å². The molecule has 27 heavy (non-hydrogen) atoms. The number of rotatable bonds is 4. The van der Waals surface area contributed by atoms with Crippen molar-refractivity contribution in [2.75, 3.05) is 12.1 Å². The van der Waals surface area contributed by atoms with Crippen LogP contribution in [0.15, 0.2) is 60.7 Å². The number of anilines is 2. The minimum atomic E-state index is -0.314. The highest BCUT2D eigenvalue weighted by molar-refractivity contribution is 5.78. The highest BCUT2D eigenvalue weighted by Gasteiger charge is 2.14. The fraction of sp³-hybridized carbons (Fsp3) is 0.0500. The molecule has 1 aliphatic heterocycles. The van der Waals surface area contributed by atoms with E-state index in [1.807, 2.05) is 36.4 Å². The van der Waals surface area contributed by atoms with Crippen molar-refractivity contribution in [2.45, 2.75) is 0 Å². The summed E-state index contributed by atoms with van der Waals surface area (Å²) < 4.78 is 29.7. The summed E-state index contributed by atoms with van der Waals surface area (Å²) >= 11 is 0. The molecule has 7 heteroatoms. The second-order valence-corrected chi connectivity index (χ2v) is 6.01. The predicted octanol–water partition coefficient (Wildman–Crippen LogP) is 4.97. The molecule has 4 aromatic rings. The Morgan fingerprint density at radius 3 is 2.63 bits per heavy atom. The molecule has 5 rings (SSSR count). The van der Waals surface area contributed by atoms with Gasteiger partial charge in [-0.1, -0.05) is 0 Å². The average Bonchev–Trinajstić information content (AvgIpc) is 3.28. The molecule has 0 radical (unpaired) electrons. The fourth-order valence-corrected chi connectivity index (χ4v) is 2.86. The van der Waals surface area contributed by atoms with Gasteiger partial charge in [0.25, 0.3) is 0 Å². The molecule has 0 atom stereocenters. The first-order chi connectivity index (χ1) is 13.2. The van der Waals surface area contributed by atoms with Gasteiger partial charge in [0.2, 0.25) is 12.7 Å². The maximum atomic E-state index is 13.3. The number of nitrogens with one attached hydrogen (secondary N) is 2. The number of hydrogen-bond acceptors (Lipinski definition) is 5. The first kappa shape index (κ1) is 15.5. The molecule has 0 bridgehead atoms. The Kier molecular flexibility index (Phi) is 3.57. The second kappa shape index (κ2) is 6.21. The SMILES string of the molecule is Fc1ccc2[nH]c(Nc3ccc(Oc4ccc5c(c4)OCO5)cc3)nc2c1. The van der Waals surface area contributed by atoms with Crippen LogP contribution in [0.1, 0.15) is 0 Å². The molecule has 6 nitrogen and oxygen atoms in total. The summed E-state index contributed by atoms with van der Waals surface area (Å²) in [6.07, 6.45) is 0. The number of imidazole rings is 1. The van der Waals surface area contributed by atoms with Gasteiger partial charge in [-0.05, 0) is 48.5 Å². The zero-order valence-corrected chi connectivity index (χ0v) is 14.0. The minimum absolute atomic E-state index is 0.230. The number of benzene rings is 3. The first-order valence-electron chi connectivity index (χ1n) is 8.33. The second-order valence-electron chi connectivity index (χ2n) is 6.01. The van der Waals surface area contributed by atoms with E-state index in [1.54, 1.807) is 12.1 Å². The topological polar surface area (TPSA) is 68.4 Å². The molecule has 0 spiro atoms. The van der Waals surface area contributed by atoms with E-state index in [4.69, 9.17) is 14.2 Å². The molecule has 0 saturated carbocycles. The van der Waals surface area contributed by atoms with E-state index in [9.17, 15) is 4.39 Å². The van der Waals surface area contributed by atoms with Gasteiger partial charge in [-0.3, -0.25) is 0 Å². The van der Waals surface area contributed by atoms with Crippen molar-refractivity contribution >= 4 is 22.7 Å². The molecule has 1 aliphatic rings. The van der Waals surface area contributed by atoms with Gasteiger partial charge in [0.05, 0.1) is 11.0 Å². The third-order valence-electron chi connectivity index (χ3n) is 4.14. The number of hydrogen-bond donors (Lipinski definition) is 2. The quantitative estimate of drug-likeness (QED) is 0.536. The standard InChI is InChI=1S/C20H14FN3O3/c21-12-1-7-16-17(9-12)24-20(23-16)22-13-2-4-14(5-3-13)27-15-6-8-18-19(10-15)26-11-25-18/h1-10H,11H2,(H2,22,23,24). The van der Waals surface area contributed by atoms with Crippen molar-refractivity contribution in [3.8, 4) is 23.0 Å². The van der Waals surface area contributed by atoms with Crippen LogP contribution < -0.4 is 19.5 Å². The average molecular weight is 363 g/mol. The predicted molar refractivity (Wildman–Crippen MR) is 98.4 cm³/mol. The van der Waals surface area contributed by atoms with E-state index >= 15 is 0 Å². The maximum Gasteiger partial charge on any atom is 0.231 e. The van der Waals surface area contributed by atoms with Gasteiger partial charge in [-0.2, -0.15) is 0 Å². The Balaban J connectivity index is 1.30. The number of aromatic nitrogens is 2. The number of H-pyrrole nitrogens is 1. The van der Waals surface area contributed by atoms with Crippen molar-refractivity contribution in [1.82, 2.24) is 9.97 Å². The van der Waals surface area contributed by atoms with Crippen LogP contribution in [0.4, 0.5) is 16.0 Å². The van der Waals surface area contributed by atoms with Gasteiger partial charge in [0.1, 0.15) is 17.3 Å². The molecular formula is C20H14FN3O3. The Morgan fingerprint density at radius 2 is 1.74 bits per heavy atom. The molecule has 0 amide bonds. The molecule has 2 N–H and O–H groups in total. The van der Waals surface area contributed by atoms with Gasteiger partial charge >= 0.3 is 0 Å². The molecule has 0 fully saturated rings. The summed E-state index contributed by atoms with van der Waals surface area (Å²) in [6, 6.07) is 17.3. The van der Waals surface area contributed by atoms with Crippen LogP contribution >= 0.6 is 0 Å². The molecule has 1 aromatic heterocycles. The van der Waals surface area contributed by atoms with Gasteiger partial charge < -0.3 is 24.5 Å². The lowest BCUT2D eigenvalue weighted by Gasteiger charge is -2.08. The van der Waals surface area contributed by atoms with Crippen LogP contribution in [0.3, 0.4) is 0 Å². The van der Waals surface area contributed by atoms with Crippen LogP contribution in [0.5, 0.6) is 23.0 Å². The Hall–Kier alpha value is -3.74. The summed E-state index contributed by atoms with van der Waals surface area (Å²) in [6.45, 7) is 0.230. The monoisotopic (exact) mass is 363 g/mol. The smallest absolute Gasteiger partial charge is 0.231 e. The number of fused-ring (bicyclic) bond motifs is 2. The van der Waals surface area contributed by atoms with Crippen molar-refractivity contribution in [3.05, 3.63) is 66.5 Å². The van der Waals surface area contributed by atoms with Crippen molar-refractivity contribution < 1.29 is 18.6 Å². The Morgan fingerprint density at radius 1 is 0.926 bits per heavy atom. The molecule has 134 valence electrons. The summed E-state index contributed by atoms with van der Waals surface area (Å²) in [4.78, 5) is 7.43. The lowest BCUT2D eigenvalue weighted by Crippen LogP contribution is -1.93. The van der Waals surface area contributed by atoms with Gasteiger partial charge in [-0.15, -0.1) is 0 Å². The van der Waals surface area contributed by atoms with E-state index in [0.29, 0.717) is 34.5 Å². The zero-order valence-electron chi connectivity index (χ0n) is 14.0. The van der Waals surface area contributed by atoms with Gasteiger partial charge in [0.15, 0.2) is 11.5 Å². The zero-order chi connectivity index (χ0) is 18.2. The molecule has 2 heterocycles. The Bertz CT molecular complexity index is 1130. The van der Waals surface area contributed by atoms with Crippen LogP contribution in [-0.2, 0) is 0 Å². The van der Waals surface area contributed by atoms with E-state index in [2.05, 4.69) is 15.3 Å². The molecule has 0 aliphatic carbocycles. The molecule has 0 saturated heterocycles. The Labute approximate surface area is 153 Å². The highest BCUT2D eigenvalue weighted by atomic mass is 19.1. The molecule has 0 unspecified atom stereocenters. The molecular weight excluding hydrogens is 349 g/mol. The highest BCUT2D eigenvalue weighted by Crippen LogP contribution is 2.36. The number of ether oxygens (including phenoxy) is 3. The summed E-state index contributed by atoms with van der Waals surface area (Å²) in [5.41, 5.74) is 2.16. The van der Waals surface area contributed by atoms with E-state index < -0.39 is 0 Å². The largest absolute Gasteiger partial charge is 0.457 e. The summed E-state index contributed by atoms with van der Waals surface area (Å²) in [7, 11) is 0.